The molecule has 2 aliphatic heterocycles. The molecule has 8 N–H and O–H groups in total. The number of hydrogen-bond acceptors (Lipinski definition) is 16. The zero-order valence-electron chi connectivity index (χ0n) is 44.0. The molecular weight excluding hydrogens is 940 g/mol. The second-order valence-corrected chi connectivity index (χ2v) is 21.6. The Balaban J connectivity index is 1.76. The van der Waals surface area contributed by atoms with E-state index in [0.29, 0.717) is 18.0 Å². The maximum absolute atomic E-state index is 12.8. The maximum Gasteiger partial charge on any atom is 0.469 e. The number of allylic oxidation sites excluding steroid dienone is 7. The number of nitrogens with one attached hydrogen (secondary N) is 1. The standard InChI is InChI=1S/C51H83N4O15P/c1-29(21-22-52)17-15-18-30(2)31(3)23-32(4)43(58)36(8)39(56)25-42(66-14)46-47(70-71(62,63)64)50(9,10)51(69-46)26-40(57)35(7)41(68-51)20-16-19-37-27-67-49(54-37)33(5)24-34(6)53-48(61)45(60)44(59)38(28-65-13)55(11)12/h15-19,21,23,27,32-36,38-47,56-60H,20,24-26,28H2,1-14H3,(H,53,61)(H2,62,63,64)/b17-15-,19-16+,29-21-,30-18+,31-23+/t32-,33+,34-,35+,36+,38+,39+,40-,41+,42+,43-,44+,45+,46-,47+,51+/m0/s1. The molecule has 402 valence electrons. The Morgan fingerprint density at radius 3 is 2.31 bits per heavy atom. The summed E-state index contributed by atoms with van der Waals surface area (Å²) in [6.45, 7) is 18.2. The smallest absolute Gasteiger partial charge is 0.448 e. The SMILES string of the molecule is COC[C@H]([C@@H](O)[C@@H](O)C(=O)N[C@@H](C)C[C@@H](C)c1nc(/C=C/C[C@H]2O[C@]3(C[C@H](O)[C@H]2C)O[C@@H]([C@@H](C[C@@H](O)[C@@H](C)[C@@H](O)[C@@H](C)/C=C(C)/C(C)=C/C=C\C(C)=C/C#N)OC)[C@@H](OP(=O)(O)O)C3(C)C)co1)N(C)C. The summed E-state index contributed by atoms with van der Waals surface area (Å²) in [6, 6.07) is 0.980. The summed E-state index contributed by atoms with van der Waals surface area (Å²) in [6.07, 6.45) is 4.05. The number of methoxy groups -OCH3 is 2. The summed E-state index contributed by atoms with van der Waals surface area (Å²) in [5.74, 6) is -3.67. The molecule has 19 nitrogen and oxygen atoms in total. The van der Waals surface area contributed by atoms with Crippen LogP contribution in [0.2, 0.25) is 0 Å². The monoisotopic (exact) mass is 1020 g/mol. The van der Waals surface area contributed by atoms with Crippen LogP contribution in [0, 0.1) is 34.5 Å². The fourth-order valence-electron chi connectivity index (χ4n) is 9.34. The minimum Gasteiger partial charge on any atom is -0.448 e. The van der Waals surface area contributed by atoms with Crippen LogP contribution >= 0.6 is 7.82 Å². The number of phosphoric acid groups is 1. The Bertz CT molecular complexity index is 2110. The molecule has 0 radical (unpaired) electrons. The highest BCUT2D eigenvalue weighted by Gasteiger charge is 2.68. The van der Waals surface area contributed by atoms with Gasteiger partial charge in [-0.05, 0) is 71.9 Å². The number of carbonyl (C=O) groups excluding carboxylic acids is 1. The molecule has 2 aliphatic rings. The molecule has 1 spiro atoms. The van der Waals surface area contributed by atoms with Gasteiger partial charge >= 0.3 is 7.82 Å². The van der Waals surface area contributed by atoms with Crippen molar-refractivity contribution >= 4 is 19.8 Å². The first kappa shape index (κ1) is 61.9. The molecule has 71 heavy (non-hydrogen) atoms. The summed E-state index contributed by atoms with van der Waals surface area (Å²) in [4.78, 5) is 39.5. The fraction of sp³-hybridized carbons (Fsp3) is 0.706. The van der Waals surface area contributed by atoms with Gasteiger partial charge in [-0.3, -0.25) is 9.32 Å². The Hall–Kier alpha value is -3.42. The number of phosphoric ester groups is 1. The van der Waals surface area contributed by atoms with Gasteiger partial charge in [0, 0.05) is 68.3 Å². The first-order valence-electron chi connectivity index (χ1n) is 24.2. The van der Waals surface area contributed by atoms with Gasteiger partial charge in [0.25, 0.3) is 5.91 Å². The van der Waals surface area contributed by atoms with Crippen molar-refractivity contribution in [2.75, 3.05) is 34.9 Å². The van der Waals surface area contributed by atoms with Crippen LogP contribution in [0.15, 0.2) is 63.9 Å². The number of nitriles is 1. The highest BCUT2D eigenvalue weighted by Crippen LogP contribution is 2.59. The normalized spacial score (nSPS) is 27.8. The second-order valence-electron chi connectivity index (χ2n) is 20.4. The summed E-state index contributed by atoms with van der Waals surface area (Å²) in [5.41, 5.74) is 1.87. The van der Waals surface area contributed by atoms with Crippen LogP contribution in [-0.2, 0) is 32.8 Å². The van der Waals surface area contributed by atoms with E-state index >= 15 is 0 Å². The van der Waals surface area contributed by atoms with Crippen LogP contribution in [0.4, 0.5) is 0 Å². The Labute approximate surface area is 420 Å². The van der Waals surface area contributed by atoms with Gasteiger partial charge in [-0.15, -0.1) is 0 Å². The molecule has 0 aromatic carbocycles. The number of oxazole rings is 1. The van der Waals surface area contributed by atoms with Crippen LogP contribution in [0.3, 0.4) is 0 Å². The lowest BCUT2D eigenvalue weighted by molar-refractivity contribution is -0.334. The summed E-state index contributed by atoms with van der Waals surface area (Å²) < 4.78 is 48.3. The number of aromatic nitrogens is 1. The number of aliphatic hydroxyl groups excluding tert-OH is 5. The van der Waals surface area contributed by atoms with Gasteiger partial charge in [-0.25, -0.2) is 9.55 Å². The van der Waals surface area contributed by atoms with Crippen molar-refractivity contribution in [1.29, 1.82) is 5.26 Å². The molecule has 1 amide bonds. The number of rotatable bonds is 26. The molecular formula is C51H83N4O15P. The average Bonchev–Trinajstić information content (AvgIpc) is 3.84. The van der Waals surface area contributed by atoms with Gasteiger partial charge in [0.2, 0.25) is 0 Å². The van der Waals surface area contributed by atoms with Gasteiger partial charge in [0.05, 0.1) is 49.2 Å². The molecule has 3 rings (SSSR count). The number of hydrogen-bond donors (Lipinski definition) is 8. The largest absolute Gasteiger partial charge is 0.469 e. The third-order valence-corrected chi connectivity index (χ3v) is 14.7. The molecule has 16 atom stereocenters. The number of carbonyl (C=O) groups is 1. The first-order valence-corrected chi connectivity index (χ1v) is 25.8. The van der Waals surface area contributed by atoms with E-state index in [1.54, 1.807) is 52.8 Å². The number of likely N-dealkylation sites (N-methyl/N-ethyl adjacent to an activating group) is 1. The van der Waals surface area contributed by atoms with E-state index < -0.39 is 104 Å². The second kappa shape index (κ2) is 27.2. The quantitative estimate of drug-likeness (QED) is 0.0341. The maximum atomic E-state index is 12.8. The van der Waals surface area contributed by atoms with Gasteiger partial charge < -0.3 is 68.9 Å². The van der Waals surface area contributed by atoms with Crippen molar-refractivity contribution < 1.29 is 72.6 Å². The minimum atomic E-state index is -5.16. The van der Waals surface area contributed by atoms with Gasteiger partial charge in [-0.1, -0.05) is 77.5 Å². The molecule has 0 unspecified atom stereocenters. The van der Waals surface area contributed by atoms with Gasteiger partial charge in [-0.2, -0.15) is 5.26 Å². The van der Waals surface area contributed by atoms with Gasteiger partial charge in [0.1, 0.15) is 30.3 Å². The van der Waals surface area contributed by atoms with Crippen molar-refractivity contribution in [3.05, 3.63) is 71.0 Å². The molecule has 1 aromatic rings. The van der Waals surface area contributed by atoms with E-state index in [0.717, 1.165) is 16.7 Å². The van der Waals surface area contributed by atoms with Crippen molar-refractivity contribution in [3.63, 3.8) is 0 Å². The Morgan fingerprint density at radius 2 is 1.72 bits per heavy atom. The van der Waals surface area contributed by atoms with E-state index in [1.807, 2.05) is 78.0 Å². The number of nitrogens with zero attached hydrogens (tertiary/aromatic N) is 3. The van der Waals surface area contributed by atoms with E-state index in [2.05, 4.69) is 10.3 Å². The van der Waals surface area contributed by atoms with E-state index in [-0.39, 0.29) is 37.7 Å². The lowest BCUT2D eigenvalue weighted by Gasteiger charge is -2.50. The van der Waals surface area contributed by atoms with Crippen molar-refractivity contribution in [2.24, 2.45) is 23.2 Å². The van der Waals surface area contributed by atoms with Crippen molar-refractivity contribution in [1.82, 2.24) is 15.2 Å². The molecule has 0 aliphatic carbocycles. The van der Waals surface area contributed by atoms with E-state index in [1.165, 1.54) is 26.6 Å². The molecule has 2 saturated heterocycles. The first-order chi connectivity index (χ1) is 33.0. The predicted molar refractivity (Wildman–Crippen MR) is 267 cm³/mol. The van der Waals surface area contributed by atoms with Crippen LogP contribution in [-0.4, -0.2) is 159 Å². The topological polar surface area (TPSA) is 287 Å². The highest BCUT2D eigenvalue weighted by molar-refractivity contribution is 7.46. The molecule has 0 saturated carbocycles. The highest BCUT2D eigenvalue weighted by atomic mass is 31.2. The van der Waals surface area contributed by atoms with E-state index in [9.17, 15) is 44.7 Å². The third-order valence-electron chi connectivity index (χ3n) is 14.2. The zero-order valence-corrected chi connectivity index (χ0v) is 44.9. The molecule has 20 heteroatoms. The zero-order chi connectivity index (χ0) is 53.8. The summed E-state index contributed by atoms with van der Waals surface area (Å²) >= 11 is 0. The van der Waals surface area contributed by atoms with Crippen LogP contribution < -0.4 is 5.32 Å². The molecule has 2 fully saturated rings. The Kier molecular flexibility index (Phi) is 23.7. The van der Waals surface area contributed by atoms with Crippen molar-refractivity contribution in [2.45, 2.75) is 174 Å². The predicted octanol–water partition coefficient (Wildman–Crippen LogP) is 5.08. The number of amides is 1. The number of ether oxygens (including phenoxy) is 4. The average molecular weight is 1020 g/mol. The lowest BCUT2D eigenvalue weighted by atomic mass is 9.72. The van der Waals surface area contributed by atoms with Crippen LogP contribution in [0.1, 0.15) is 112 Å². The van der Waals surface area contributed by atoms with Crippen LogP contribution in [0.5, 0.6) is 0 Å². The Morgan fingerprint density at radius 1 is 1.06 bits per heavy atom. The summed E-state index contributed by atoms with van der Waals surface area (Å²) in [5, 5.41) is 67.4. The lowest BCUT2D eigenvalue weighted by Crippen LogP contribution is -2.58. The van der Waals surface area contributed by atoms with Gasteiger partial charge in [0.15, 0.2) is 17.8 Å². The minimum absolute atomic E-state index is 0.0661. The number of aliphatic hydroxyl groups is 5. The van der Waals surface area contributed by atoms with Crippen molar-refractivity contribution in [3.8, 4) is 6.07 Å². The third kappa shape index (κ3) is 16.8. The molecule has 3 heterocycles. The van der Waals surface area contributed by atoms with Crippen LogP contribution in [0.25, 0.3) is 6.08 Å². The molecule has 0 bridgehead atoms. The molecule has 1 aromatic heterocycles. The fourth-order valence-corrected chi connectivity index (χ4v) is 10.0. The summed E-state index contributed by atoms with van der Waals surface area (Å²) in [7, 11) is 1.13. The van der Waals surface area contributed by atoms with E-state index in [4.69, 9.17) is 33.2 Å².